The molecule has 1 aromatic carbocycles. The summed E-state index contributed by atoms with van der Waals surface area (Å²) in [6.45, 7) is 4.73. The minimum absolute atomic E-state index is 0.131. The van der Waals surface area contributed by atoms with Crippen LogP contribution >= 0.6 is 0 Å². The van der Waals surface area contributed by atoms with Gasteiger partial charge in [0.2, 0.25) is 11.8 Å². The van der Waals surface area contributed by atoms with Gasteiger partial charge in [0.25, 0.3) is 0 Å². The Balaban J connectivity index is 1.84. The predicted octanol–water partition coefficient (Wildman–Crippen LogP) is 2.15. The zero-order valence-corrected chi connectivity index (χ0v) is 12.6. The Bertz CT molecular complexity index is 801. The molecular weight excluding hydrogens is 294 g/mol. The van der Waals surface area contributed by atoms with Gasteiger partial charge in [-0.05, 0) is 5.56 Å². The van der Waals surface area contributed by atoms with Crippen LogP contribution in [-0.4, -0.2) is 26.1 Å². The molecule has 0 saturated heterocycles. The van der Waals surface area contributed by atoms with Gasteiger partial charge >= 0.3 is 0 Å². The van der Waals surface area contributed by atoms with E-state index in [4.69, 9.17) is 15.2 Å². The van der Waals surface area contributed by atoms with Crippen LogP contribution in [0, 0.1) is 0 Å². The Morgan fingerprint density at radius 3 is 2.83 bits per heavy atom. The number of imidazole rings is 1. The summed E-state index contributed by atoms with van der Waals surface area (Å²) >= 11 is 0. The second-order valence-electron chi connectivity index (χ2n) is 4.84. The molecule has 0 spiro atoms. The van der Waals surface area contributed by atoms with E-state index in [1.807, 2.05) is 30.3 Å². The third-order valence-electron chi connectivity index (χ3n) is 3.13. The largest absolute Gasteiger partial charge is 0.471 e. The molecule has 0 unspecified atom stereocenters. The first-order chi connectivity index (χ1) is 11.3. The van der Waals surface area contributed by atoms with Crippen LogP contribution in [-0.2, 0) is 18.1 Å². The molecule has 7 heteroatoms. The number of anilines is 1. The molecule has 0 aliphatic carbocycles. The quantitative estimate of drug-likeness (QED) is 0.531. The Kier molecular flexibility index (Phi) is 4.49. The van der Waals surface area contributed by atoms with E-state index in [9.17, 15) is 0 Å². The standard InChI is InChI=1S/C16H17N5O2/c1-2-8-22-11-21-10-18-13-14(21)19-16(17)20-15(13)23-9-12-6-4-3-5-7-12/h2-7,10H,1,8-9,11H2,(H2,17,19,20). The smallest absolute Gasteiger partial charge is 0.247 e. The number of nitrogens with zero attached hydrogens (tertiary/aromatic N) is 4. The first-order valence-electron chi connectivity index (χ1n) is 7.11. The molecule has 3 rings (SSSR count). The summed E-state index contributed by atoms with van der Waals surface area (Å²) in [7, 11) is 0. The van der Waals surface area contributed by atoms with Crippen molar-refractivity contribution in [3.8, 4) is 5.88 Å². The summed E-state index contributed by atoms with van der Waals surface area (Å²) in [5.74, 6) is 0.491. The number of fused-ring (bicyclic) bond motifs is 1. The van der Waals surface area contributed by atoms with Gasteiger partial charge in [0.15, 0.2) is 11.2 Å². The summed E-state index contributed by atoms with van der Waals surface area (Å²) < 4.78 is 12.9. The lowest BCUT2D eigenvalue weighted by molar-refractivity contribution is 0.103. The molecule has 0 radical (unpaired) electrons. The molecule has 23 heavy (non-hydrogen) atoms. The first-order valence-corrected chi connectivity index (χ1v) is 7.11. The third-order valence-corrected chi connectivity index (χ3v) is 3.13. The van der Waals surface area contributed by atoms with Gasteiger partial charge in [-0.2, -0.15) is 9.97 Å². The fourth-order valence-corrected chi connectivity index (χ4v) is 2.09. The molecule has 0 fully saturated rings. The van der Waals surface area contributed by atoms with Crippen LogP contribution in [0.1, 0.15) is 5.56 Å². The number of benzene rings is 1. The number of aromatic nitrogens is 4. The fourth-order valence-electron chi connectivity index (χ4n) is 2.09. The highest BCUT2D eigenvalue weighted by atomic mass is 16.5. The van der Waals surface area contributed by atoms with Crippen molar-refractivity contribution in [1.29, 1.82) is 0 Å². The Labute approximate surface area is 133 Å². The lowest BCUT2D eigenvalue weighted by Crippen LogP contribution is -2.06. The van der Waals surface area contributed by atoms with E-state index < -0.39 is 0 Å². The molecule has 2 N–H and O–H groups in total. The van der Waals surface area contributed by atoms with Crippen molar-refractivity contribution >= 4 is 17.1 Å². The normalized spacial score (nSPS) is 10.8. The SMILES string of the molecule is C=CCOCn1cnc2c(OCc3ccccc3)nc(N)nc21. The summed E-state index contributed by atoms with van der Waals surface area (Å²) in [4.78, 5) is 12.7. The van der Waals surface area contributed by atoms with Crippen LogP contribution in [0.2, 0.25) is 0 Å². The van der Waals surface area contributed by atoms with Crippen LogP contribution in [0.5, 0.6) is 5.88 Å². The number of rotatable bonds is 7. The molecule has 0 aliphatic heterocycles. The van der Waals surface area contributed by atoms with Crippen molar-refractivity contribution in [2.45, 2.75) is 13.3 Å². The molecule has 3 aromatic rings. The van der Waals surface area contributed by atoms with Crippen molar-refractivity contribution in [1.82, 2.24) is 19.5 Å². The van der Waals surface area contributed by atoms with Gasteiger partial charge in [-0.3, -0.25) is 4.57 Å². The van der Waals surface area contributed by atoms with Gasteiger partial charge < -0.3 is 15.2 Å². The maximum Gasteiger partial charge on any atom is 0.247 e. The molecule has 0 aliphatic rings. The predicted molar refractivity (Wildman–Crippen MR) is 86.7 cm³/mol. The summed E-state index contributed by atoms with van der Waals surface area (Å²) in [5.41, 5.74) is 7.94. The highest BCUT2D eigenvalue weighted by molar-refractivity contribution is 5.77. The second kappa shape index (κ2) is 6.89. The molecule has 0 bridgehead atoms. The molecule has 0 saturated carbocycles. The van der Waals surface area contributed by atoms with Crippen molar-refractivity contribution < 1.29 is 9.47 Å². The summed E-state index contributed by atoms with van der Waals surface area (Å²) in [6.07, 6.45) is 3.30. The maximum atomic E-state index is 5.78. The van der Waals surface area contributed by atoms with Crippen molar-refractivity contribution in [2.24, 2.45) is 0 Å². The fraction of sp³-hybridized carbons (Fsp3) is 0.188. The van der Waals surface area contributed by atoms with E-state index in [1.165, 1.54) is 0 Å². The lowest BCUT2D eigenvalue weighted by Gasteiger charge is -2.07. The lowest BCUT2D eigenvalue weighted by atomic mass is 10.2. The third kappa shape index (κ3) is 3.46. The highest BCUT2D eigenvalue weighted by Gasteiger charge is 2.13. The highest BCUT2D eigenvalue weighted by Crippen LogP contribution is 2.22. The van der Waals surface area contributed by atoms with E-state index in [-0.39, 0.29) is 5.95 Å². The van der Waals surface area contributed by atoms with Gasteiger partial charge in [-0.1, -0.05) is 36.4 Å². The molecule has 2 aromatic heterocycles. The number of nitrogens with two attached hydrogens (primary N) is 1. The van der Waals surface area contributed by atoms with Gasteiger partial charge in [-0.15, -0.1) is 6.58 Å². The van der Waals surface area contributed by atoms with Crippen LogP contribution in [0.3, 0.4) is 0 Å². The van der Waals surface area contributed by atoms with Crippen LogP contribution in [0.4, 0.5) is 5.95 Å². The minimum atomic E-state index is 0.131. The number of hydrogen-bond donors (Lipinski definition) is 1. The average Bonchev–Trinajstić information content (AvgIpc) is 2.97. The molecule has 118 valence electrons. The zero-order chi connectivity index (χ0) is 16.1. The van der Waals surface area contributed by atoms with Gasteiger partial charge in [0, 0.05) is 0 Å². The maximum absolute atomic E-state index is 5.78. The van der Waals surface area contributed by atoms with E-state index in [0.717, 1.165) is 5.56 Å². The van der Waals surface area contributed by atoms with E-state index in [2.05, 4.69) is 21.5 Å². The molecule has 7 nitrogen and oxygen atoms in total. The summed E-state index contributed by atoms with van der Waals surface area (Å²) in [6, 6.07) is 9.81. The van der Waals surface area contributed by atoms with Crippen LogP contribution in [0.25, 0.3) is 11.2 Å². The monoisotopic (exact) mass is 311 g/mol. The molecular formula is C16H17N5O2. The van der Waals surface area contributed by atoms with Gasteiger partial charge in [-0.25, -0.2) is 4.98 Å². The van der Waals surface area contributed by atoms with Gasteiger partial charge in [0.05, 0.1) is 12.9 Å². The van der Waals surface area contributed by atoms with Crippen molar-refractivity contribution in [2.75, 3.05) is 12.3 Å². The van der Waals surface area contributed by atoms with Gasteiger partial charge in [0.1, 0.15) is 13.3 Å². The molecule has 2 heterocycles. The number of nitrogen functional groups attached to an aromatic ring is 1. The Hall–Kier alpha value is -2.93. The molecule has 0 atom stereocenters. The topological polar surface area (TPSA) is 88.1 Å². The van der Waals surface area contributed by atoms with Crippen LogP contribution in [0.15, 0.2) is 49.3 Å². The van der Waals surface area contributed by atoms with E-state index in [1.54, 1.807) is 17.0 Å². The van der Waals surface area contributed by atoms with E-state index >= 15 is 0 Å². The zero-order valence-electron chi connectivity index (χ0n) is 12.6. The van der Waals surface area contributed by atoms with Crippen LogP contribution < -0.4 is 10.5 Å². The number of ether oxygens (including phenoxy) is 2. The average molecular weight is 311 g/mol. The number of hydrogen-bond acceptors (Lipinski definition) is 6. The Morgan fingerprint density at radius 2 is 2.04 bits per heavy atom. The van der Waals surface area contributed by atoms with E-state index in [0.29, 0.717) is 37.0 Å². The Morgan fingerprint density at radius 1 is 1.22 bits per heavy atom. The second-order valence-corrected chi connectivity index (χ2v) is 4.84. The van der Waals surface area contributed by atoms with Crippen molar-refractivity contribution in [3.05, 3.63) is 54.9 Å². The molecule has 0 amide bonds. The minimum Gasteiger partial charge on any atom is -0.471 e. The summed E-state index contributed by atoms with van der Waals surface area (Å²) in [5, 5.41) is 0. The first kappa shape index (κ1) is 15.0. The van der Waals surface area contributed by atoms with Crippen molar-refractivity contribution in [3.63, 3.8) is 0 Å².